The third-order valence-electron chi connectivity index (χ3n) is 10.7. The Morgan fingerprint density at radius 2 is 1.06 bits per heavy atom. The molecule has 0 aliphatic carbocycles. The van der Waals surface area contributed by atoms with Crippen LogP contribution in [0.3, 0.4) is 0 Å². The van der Waals surface area contributed by atoms with Crippen LogP contribution in [0.25, 0.3) is 85.9 Å². The summed E-state index contributed by atoms with van der Waals surface area (Å²) in [6, 6.07) is 68.0. The zero-order valence-corrected chi connectivity index (χ0v) is 29.5. The molecular formula is C50H31NOS. The van der Waals surface area contributed by atoms with Crippen molar-refractivity contribution in [3.05, 3.63) is 188 Å². The molecule has 0 aliphatic rings. The monoisotopic (exact) mass is 693 g/mol. The molecule has 11 aromatic rings. The molecule has 0 spiro atoms. The van der Waals surface area contributed by atoms with E-state index in [0.29, 0.717) is 0 Å². The number of para-hydroxylation sites is 1. The number of thiophene rings is 1. The Morgan fingerprint density at radius 1 is 0.396 bits per heavy atom. The van der Waals surface area contributed by atoms with Gasteiger partial charge >= 0.3 is 0 Å². The second kappa shape index (κ2) is 11.9. The number of furan rings is 1. The molecule has 0 bridgehead atoms. The van der Waals surface area contributed by atoms with E-state index in [0.717, 1.165) is 50.1 Å². The largest absolute Gasteiger partial charge is 0.455 e. The van der Waals surface area contributed by atoms with Crippen LogP contribution in [0.5, 0.6) is 0 Å². The molecule has 0 fully saturated rings. The number of hydrogen-bond acceptors (Lipinski definition) is 3. The predicted molar refractivity (Wildman–Crippen MR) is 227 cm³/mol. The fraction of sp³-hybridized carbons (Fsp3) is 0. The summed E-state index contributed by atoms with van der Waals surface area (Å²) in [4.78, 5) is 2.40. The van der Waals surface area contributed by atoms with E-state index in [-0.39, 0.29) is 0 Å². The first-order valence-corrected chi connectivity index (χ1v) is 18.8. The Balaban J connectivity index is 1.12. The molecule has 0 saturated heterocycles. The van der Waals surface area contributed by atoms with E-state index < -0.39 is 0 Å². The molecule has 2 heterocycles. The highest BCUT2D eigenvalue weighted by Crippen LogP contribution is 2.47. The van der Waals surface area contributed by atoms with Crippen molar-refractivity contribution in [3.63, 3.8) is 0 Å². The van der Waals surface area contributed by atoms with Crippen LogP contribution in [-0.2, 0) is 0 Å². The second-order valence-electron chi connectivity index (χ2n) is 13.7. The predicted octanol–water partition coefficient (Wildman–Crippen LogP) is 15.1. The molecular weight excluding hydrogens is 663 g/mol. The van der Waals surface area contributed by atoms with Gasteiger partial charge < -0.3 is 9.32 Å². The summed E-state index contributed by atoms with van der Waals surface area (Å²) >= 11 is 1.85. The summed E-state index contributed by atoms with van der Waals surface area (Å²) in [5.74, 6) is 0. The van der Waals surface area contributed by atoms with E-state index >= 15 is 0 Å². The first kappa shape index (κ1) is 30.0. The van der Waals surface area contributed by atoms with Crippen LogP contribution in [-0.4, -0.2) is 0 Å². The first-order valence-electron chi connectivity index (χ1n) is 18.0. The highest BCUT2D eigenvalue weighted by Gasteiger charge is 2.23. The minimum atomic E-state index is 0.881. The Kier molecular flexibility index (Phi) is 6.76. The van der Waals surface area contributed by atoms with Gasteiger partial charge in [-0.15, -0.1) is 11.3 Å². The van der Waals surface area contributed by atoms with E-state index in [4.69, 9.17) is 4.42 Å². The Morgan fingerprint density at radius 3 is 1.92 bits per heavy atom. The molecule has 0 saturated carbocycles. The van der Waals surface area contributed by atoms with Crippen molar-refractivity contribution in [2.45, 2.75) is 0 Å². The Hall–Kier alpha value is -6.68. The van der Waals surface area contributed by atoms with Gasteiger partial charge in [-0.2, -0.15) is 0 Å². The number of rotatable bonds is 5. The minimum Gasteiger partial charge on any atom is -0.455 e. The summed E-state index contributed by atoms with van der Waals surface area (Å²) in [5, 5.41) is 9.85. The van der Waals surface area contributed by atoms with Crippen molar-refractivity contribution in [1.29, 1.82) is 0 Å². The fourth-order valence-corrected chi connectivity index (χ4v) is 9.25. The smallest absolute Gasteiger partial charge is 0.145 e. The molecule has 248 valence electrons. The van der Waals surface area contributed by atoms with Crippen LogP contribution in [0.2, 0.25) is 0 Å². The van der Waals surface area contributed by atoms with Crippen molar-refractivity contribution in [2.75, 3.05) is 4.90 Å². The molecule has 11 rings (SSSR count). The van der Waals surface area contributed by atoms with Gasteiger partial charge in [-0.05, 0) is 92.8 Å². The molecule has 0 unspecified atom stereocenters. The average molecular weight is 694 g/mol. The number of hydrogen-bond donors (Lipinski definition) is 0. The van der Waals surface area contributed by atoms with Crippen LogP contribution < -0.4 is 4.90 Å². The Labute approximate surface area is 310 Å². The summed E-state index contributed by atoms with van der Waals surface area (Å²) in [6.07, 6.45) is 0. The van der Waals surface area contributed by atoms with Crippen molar-refractivity contribution < 1.29 is 4.42 Å². The summed E-state index contributed by atoms with van der Waals surface area (Å²) in [7, 11) is 0. The fourth-order valence-electron chi connectivity index (χ4n) is 8.11. The SMILES string of the molecule is c1ccc(-c2ccc(N(c3ccc(-c4ccc5ccc6ccccc6c5c4)cc3)c3ccc4c(c3)sc3ccccc34)c3c2oc2ccccc23)cc1. The van der Waals surface area contributed by atoms with Gasteiger partial charge in [-0.1, -0.05) is 133 Å². The quantitative estimate of drug-likeness (QED) is 0.167. The molecule has 2 aromatic heterocycles. The maximum absolute atomic E-state index is 6.73. The van der Waals surface area contributed by atoms with E-state index in [1.165, 1.54) is 52.8 Å². The van der Waals surface area contributed by atoms with Gasteiger partial charge in [0.15, 0.2) is 0 Å². The summed E-state index contributed by atoms with van der Waals surface area (Å²) < 4.78 is 9.30. The van der Waals surface area contributed by atoms with E-state index in [2.05, 4.69) is 187 Å². The van der Waals surface area contributed by atoms with Crippen LogP contribution in [0.15, 0.2) is 192 Å². The Bertz CT molecular complexity index is 3170. The van der Waals surface area contributed by atoms with E-state index in [9.17, 15) is 0 Å². The normalized spacial score (nSPS) is 11.8. The molecule has 0 aliphatic heterocycles. The maximum Gasteiger partial charge on any atom is 0.145 e. The summed E-state index contributed by atoms with van der Waals surface area (Å²) in [5.41, 5.74) is 9.64. The topological polar surface area (TPSA) is 16.4 Å². The molecule has 0 atom stereocenters. The molecule has 0 N–H and O–H groups in total. The standard InChI is InChI=1S/C50H31NOS/c1-2-10-33(11-3-1)40-28-29-45(49-43-15-6-8-16-46(43)52-50(40)49)51(38-26-27-42-41-14-7-9-17-47(41)53-48(42)31-38)37-24-22-32(23-25-37)36-21-20-35-19-18-34-12-4-5-13-39(34)44(35)30-36/h1-31H. The number of anilines is 3. The molecule has 9 aromatic carbocycles. The zero-order valence-electron chi connectivity index (χ0n) is 28.7. The van der Waals surface area contributed by atoms with Crippen LogP contribution in [0.1, 0.15) is 0 Å². The van der Waals surface area contributed by atoms with Crippen LogP contribution >= 0.6 is 11.3 Å². The molecule has 0 amide bonds. The van der Waals surface area contributed by atoms with Gasteiger partial charge in [0.05, 0.1) is 11.1 Å². The van der Waals surface area contributed by atoms with Crippen molar-refractivity contribution in [3.8, 4) is 22.3 Å². The zero-order chi connectivity index (χ0) is 34.9. The third kappa shape index (κ3) is 4.86. The van der Waals surface area contributed by atoms with E-state index in [1.807, 2.05) is 17.4 Å². The minimum absolute atomic E-state index is 0.881. The van der Waals surface area contributed by atoms with Gasteiger partial charge in [0.2, 0.25) is 0 Å². The highest BCUT2D eigenvalue weighted by molar-refractivity contribution is 7.25. The van der Waals surface area contributed by atoms with Crippen molar-refractivity contribution in [2.24, 2.45) is 0 Å². The van der Waals surface area contributed by atoms with Crippen molar-refractivity contribution >= 4 is 92.1 Å². The number of fused-ring (bicyclic) bond motifs is 9. The lowest BCUT2D eigenvalue weighted by Gasteiger charge is -2.27. The van der Waals surface area contributed by atoms with Crippen LogP contribution in [0.4, 0.5) is 17.1 Å². The molecule has 53 heavy (non-hydrogen) atoms. The summed E-state index contributed by atoms with van der Waals surface area (Å²) in [6.45, 7) is 0. The molecule has 3 heteroatoms. The van der Waals surface area contributed by atoms with Gasteiger partial charge in [0.25, 0.3) is 0 Å². The number of nitrogens with zero attached hydrogens (tertiary/aromatic N) is 1. The molecule has 2 nitrogen and oxygen atoms in total. The average Bonchev–Trinajstić information content (AvgIpc) is 3.80. The second-order valence-corrected chi connectivity index (χ2v) is 14.8. The van der Waals surface area contributed by atoms with Crippen LogP contribution in [0, 0.1) is 0 Å². The van der Waals surface area contributed by atoms with Crippen molar-refractivity contribution in [1.82, 2.24) is 0 Å². The van der Waals surface area contributed by atoms with Gasteiger partial charge in [0, 0.05) is 42.5 Å². The lowest BCUT2D eigenvalue weighted by molar-refractivity contribution is 0.670. The lowest BCUT2D eigenvalue weighted by atomic mass is 9.97. The van der Waals surface area contributed by atoms with Gasteiger partial charge in [-0.3, -0.25) is 0 Å². The number of benzene rings is 9. The lowest BCUT2D eigenvalue weighted by Crippen LogP contribution is -2.10. The highest BCUT2D eigenvalue weighted by atomic mass is 32.1. The first-order chi connectivity index (χ1) is 26.3. The van der Waals surface area contributed by atoms with Gasteiger partial charge in [-0.25, -0.2) is 0 Å². The van der Waals surface area contributed by atoms with Gasteiger partial charge in [0.1, 0.15) is 11.2 Å². The maximum atomic E-state index is 6.73. The van der Waals surface area contributed by atoms with E-state index in [1.54, 1.807) is 0 Å². The third-order valence-corrected chi connectivity index (χ3v) is 11.8. The molecule has 0 radical (unpaired) electrons.